The Morgan fingerprint density at radius 1 is 1.45 bits per heavy atom. The monoisotopic (exact) mass is 300 g/mol. The molecule has 2 aromatic rings. The molecular formula is C16H20N4O2. The summed E-state index contributed by atoms with van der Waals surface area (Å²) in [5.41, 5.74) is 1.14. The van der Waals surface area contributed by atoms with Gasteiger partial charge in [0.2, 0.25) is 0 Å². The lowest BCUT2D eigenvalue weighted by atomic mass is 10.1. The van der Waals surface area contributed by atoms with E-state index in [2.05, 4.69) is 10.1 Å². The number of hydrogen-bond donors (Lipinski definition) is 0. The minimum absolute atomic E-state index is 0.0115. The smallest absolute Gasteiger partial charge is 0.260 e. The second-order valence-electron chi connectivity index (χ2n) is 5.61. The third-order valence-electron chi connectivity index (χ3n) is 3.85. The molecule has 1 saturated heterocycles. The molecule has 1 fully saturated rings. The van der Waals surface area contributed by atoms with Gasteiger partial charge in [-0.3, -0.25) is 14.5 Å². The fourth-order valence-corrected chi connectivity index (χ4v) is 2.70. The first-order valence-corrected chi connectivity index (χ1v) is 7.54. The van der Waals surface area contributed by atoms with Gasteiger partial charge in [0.05, 0.1) is 18.4 Å². The van der Waals surface area contributed by atoms with Gasteiger partial charge in [-0.1, -0.05) is 0 Å². The summed E-state index contributed by atoms with van der Waals surface area (Å²) in [6.45, 7) is 3.55. The number of aromatic nitrogens is 3. The normalized spacial score (nSPS) is 18.2. The Morgan fingerprint density at radius 3 is 3.09 bits per heavy atom. The van der Waals surface area contributed by atoms with Crippen molar-refractivity contribution >= 4 is 5.91 Å². The van der Waals surface area contributed by atoms with Crippen molar-refractivity contribution in [3.63, 3.8) is 0 Å². The van der Waals surface area contributed by atoms with E-state index in [0.717, 1.165) is 24.9 Å². The molecule has 3 heterocycles. The van der Waals surface area contributed by atoms with E-state index in [-0.39, 0.29) is 18.6 Å². The first-order valence-electron chi connectivity index (χ1n) is 7.54. The Labute approximate surface area is 129 Å². The number of likely N-dealkylation sites (tertiary alicyclic amines) is 1. The third-order valence-corrected chi connectivity index (χ3v) is 3.85. The van der Waals surface area contributed by atoms with Crippen molar-refractivity contribution in [1.82, 2.24) is 19.7 Å². The van der Waals surface area contributed by atoms with E-state index in [9.17, 15) is 4.79 Å². The van der Waals surface area contributed by atoms with Gasteiger partial charge in [0.15, 0.2) is 6.61 Å². The van der Waals surface area contributed by atoms with E-state index in [4.69, 9.17) is 4.74 Å². The maximum Gasteiger partial charge on any atom is 0.260 e. The second kappa shape index (κ2) is 6.60. The Kier molecular flexibility index (Phi) is 4.37. The number of hydrogen-bond acceptors (Lipinski definition) is 4. The zero-order valence-corrected chi connectivity index (χ0v) is 12.7. The fraction of sp³-hybridized carbons (Fsp3) is 0.438. The molecule has 6 nitrogen and oxygen atoms in total. The summed E-state index contributed by atoms with van der Waals surface area (Å²) in [5, 5.41) is 4.37. The van der Waals surface area contributed by atoms with Crippen molar-refractivity contribution in [3.05, 3.63) is 42.5 Å². The van der Waals surface area contributed by atoms with Gasteiger partial charge in [-0.15, -0.1) is 0 Å². The second-order valence-corrected chi connectivity index (χ2v) is 5.61. The molecule has 2 aromatic heterocycles. The molecule has 3 rings (SSSR count). The van der Waals surface area contributed by atoms with E-state index in [0.29, 0.717) is 12.3 Å². The Morgan fingerprint density at radius 2 is 2.36 bits per heavy atom. The molecule has 6 heteroatoms. The van der Waals surface area contributed by atoms with E-state index >= 15 is 0 Å². The number of ether oxygens (including phenoxy) is 1. The minimum atomic E-state index is 0.0115. The lowest BCUT2D eigenvalue weighted by Crippen LogP contribution is -2.43. The van der Waals surface area contributed by atoms with Crippen LogP contribution in [0.3, 0.4) is 0 Å². The van der Waals surface area contributed by atoms with Crippen LogP contribution < -0.4 is 4.74 Å². The predicted molar refractivity (Wildman–Crippen MR) is 81.5 cm³/mol. The van der Waals surface area contributed by atoms with E-state index in [1.165, 1.54) is 0 Å². The first kappa shape index (κ1) is 14.6. The van der Waals surface area contributed by atoms with Crippen molar-refractivity contribution in [1.29, 1.82) is 0 Å². The number of rotatable bonds is 4. The molecule has 0 N–H and O–H groups in total. The number of aryl methyl sites for hydroxylation is 1. The summed E-state index contributed by atoms with van der Waals surface area (Å²) in [7, 11) is 0. The van der Waals surface area contributed by atoms with Crippen LogP contribution >= 0.6 is 0 Å². The first-order chi connectivity index (χ1) is 10.7. The third kappa shape index (κ3) is 3.44. The van der Waals surface area contributed by atoms with E-state index < -0.39 is 0 Å². The zero-order valence-electron chi connectivity index (χ0n) is 12.7. The maximum absolute atomic E-state index is 12.3. The molecule has 1 amide bonds. The van der Waals surface area contributed by atoms with Crippen molar-refractivity contribution < 1.29 is 9.53 Å². The molecule has 0 unspecified atom stereocenters. The minimum Gasteiger partial charge on any atom is -0.482 e. The highest BCUT2D eigenvalue weighted by Gasteiger charge is 2.25. The lowest BCUT2D eigenvalue weighted by Gasteiger charge is -2.32. The molecule has 1 aliphatic heterocycles. The van der Waals surface area contributed by atoms with E-state index in [1.807, 2.05) is 28.9 Å². The van der Waals surface area contributed by atoms with Crippen LogP contribution in [0.4, 0.5) is 0 Å². The van der Waals surface area contributed by atoms with Crippen molar-refractivity contribution in [2.45, 2.75) is 25.8 Å². The summed E-state index contributed by atoms with van der Waals surface area (Å²) >= 11 is 0. The number of carbonyl (C=O) groups excluding carboxylic acids is 1. The van der Waals surface area contributed by atoms with Crippen LogP contribution in [0.1, 0.15) is 24.4 Å². The highest BCUT2D eigenvalue weighted by atomic mass is 16.5. The largest absolute Gasteiger partial charge is 0.482 e. The van der Waals surface area contributed by atoms with Crippen LogP contribution in [0.15, 0.2) is 36.9 Å². The SMILES string of the molecule is Cc1cnn([C@H]2CCCN(C(=O)COc3cccnc3)C2)c1. The van der Waals surface area contributed by atoms with Gasteiger partial charge in [0.1, 0.15) is 5.75 Å². The number of nitrogens with zero attached hydrogens (tertiary/aromatic N) is 4. The van der Waals surface area contributed by atoms with E-state index in [1.54, 1.807) is 24.5 Å². The van der Waals surface area contributed by atoms with Crippen LogP contribution in [0.2, 0.25) is 0 Å². The van der Waals surface area contributed by atoms with Gasteiger partial charge in [0, 0.05) is 25.5 Å². The Bertz CT molecular complexity index is 626. The van der Waals surface area contributed by atoms with Gasteiger partial charge in [-0.05, 0) is 37.5 Å². The molecule has 116 valence electrons. The molecule has 22 heavy (non-hydrogen) atoms. The highest BCUT2D eigenvalue weighted by molar-refractivity contribution is 5.77. The summed E-state index contributed by atoms with van der Waals surface area (Å²) in [6, 6.07) is 3.84. The standard InChI is InChI=1S/C16H20N4O2/c1-13-8-18-20(10-13)14-4-3-7-19(11-14)16(21)12-22-15-5-2-6-17-9-15/h2,5-6,8-10,14H,3-4,7,11-12H2,1H3/t14-/m0/s1. The quantitative estimate of drug-likeness (QED) is 0.864. The molecule has 0 spiro atoms. The maximum atomic E-state index is 12.3. The predicted octanol–water partition coefficient (Wildman–Crippen LogP) is 1.83. The molecule has 0 bridgehead atoms. The van der Waals surface area contributed by atoms with Gasteiger partial charge in [-0.2, -0.15) is 5.10 Å². The average molecular weight is 300 g/mol. The molecular weight excluding hydrogens is 280 g/mol. The summed E-state index contributed by atoms with van der Waals surface area (Å²) in [4.78, 5) is 18.1. The summed E-state index contributed by atoms with van der Waals surface area (Å²) in [6.07, 6.45) is 9.21. The van der Waals surface area contributed by atoms with Crippen LogP contribution in [-0.2, 0) is 4.79 Å². The van der Waals surface area contributed by atoms with Crippen LogP contribution in [0.25, 0.3) is 0 Å². The van der Waals surface area contributed by atoms with Crippen molar-refractivity contribution in [3.8, 4) is 5.75 Å². The molecule has 1 aliphatic rings. The van der Waals surface area contributed by atoms with Crippen molar-refractivity contribution in [2.75, 3.05) is 19.7 Å². The number of piperidine rings is 1. The van der Waals surface area contributed by atoms with Crippen molar-refractivity contribution in [2.24, 2.45) is 0 Å². The Balaban J connectivity index is 1.56. The number of amides is 1. The molecule has 0 aromatic carbocycles. The fourth-order valence-electron chi connectivity index (χ4n) is 2.70. The van der Waals surface area contributed by atoms with Gasteiger partial charge >= 0.3 is 0 Å². The Hall–Kier alpha value is -2.37. The van der Waals surface area contributed by atoms with Crippen LogP contribution in [0, 0.1) is 6.92 Å². The lowest BCUT2D eigenvalue weighted by molar-refractivity contribution is -0.135. The van der Waals surface area contributed by atoms with Crippen LogP contribution in [0.5, 0.6) is 5.75 Å². The van der Waals surface area contributed by atoms with Gasteiger partial charge in [0.25, 0.3) is 5.91 Å². The zero-order chi connectivity index (χ0) is 15.4. The van der Waals surface area contributed by atoms with Gasteiger partial charge in [-0.25, -0.2) is 0 Å². The molecule has 1 atom stereocenters. The molecule has 0 radical (unpaired) electrons. The highest BCUT2D eigenvalue weighted by Crippen LogP contribution is 2.21. The summed E-state index contributed by atoms with van der Waals surface area (Å²) < 4.78 is 7.46. The van der Waals surface area contributed by atoms with Gasteiger partial charge < -0.3 is 9.64 Å². The topological polar surface area (TPSA) is 60.2 Å². The summed E-state index contributed by atoms with van der Waals surface area (Å²) in [5.74, 6) is 0.629. The number of pyridine rings is 1. The van der Waals surface area contributed by atoms with Crippen LogP contribution in [-0.4, -0.2) is 45.3 Å². The molecule has 0 aliphatic carbocycles. The molecule has 0 saturated carbocycles. The average Bonchev–Trinajstić information content (AvgIpc) is 3.00. The number of carbonyl (C=O) groups is 1.